The van der Waals surface area contributed by atoms with Crippen LogP contribution in [-0.4, -0.2) is 36.1 Å². The summed E-state index contributed by atoms with van der Waals surface area (Å²) in [6.45, 7) is 9.64. The smallest absolute Gasteiger partial charge is 0.0338 e. The summed E-state index contributed by atoms with van der Waals surface area (Å²) in [5.74, 6) is 0. The molecule has 86 valence electrons. The van der Waals surface area contributed by atoms with Gasteiger partial charge in [-0.05, 0) is 19.3 Å². The Kier molecular flexibility index (Phi) is 3.47. The maximum atomic E-state index is 3.90. The quantitative estimate of drug-likeness (QED) is 0.715. The van der Waals surface area contributed by atoms with Gasteiger partial charge in [-0.15, -0.1) is 6.58 Å². The first-order chi connectivity index (χ1) is 7.30. The van der Waals surface area contributed by atoms with E-state index in [0.29, 0.717) is 11.6 Å². The molecule has 1 unspecified atom stereocenters. The van der Waals surface area contributed by atoms with E-state index in [1.807, 2.05) is 0 Å². The SMILES string of the molecule is C=CCN1CC(CC)NCC12CCCC2. The van der Waals surface area contributed by atoms with Gasteiger partial charge >= 0.3 is 0 Å². The number of hydrogen-bond acceptors (Lipinski definition) is 2. The van der Waals surface area contributed by atoms with E-state index in [1.165, 1.54) is 45.2 Å². The molecule has 1 atom stereocenters. The first-order valence-electron chi connectivity index (χ1n) is 6.40. The Morgan fingerprint density at radius 3 is 2.80 bits per heavy atom. The van der Waals surface area contributed by atoms with E-state index in [2.05, 4.69) is 29.8 Å². The Bertz CT molecular complexity index is 219. The number of nitrogens with zero attached hydrogens (tertiary/aromatic N) is 1. The van der Waals surface area contributed by atoms with E-state index in [-0.39, 0.29) is 0 Å². The lowest BCUT2D eigenvalue weighted by molar-refractivity contribution is 0.0535. The van der Waals surface area contributed by atoms with E-state index < -0.39 is 0 Å². The van der Waals surface area contributed by atoms with Crippen LogP contribution in [0.3, 0.4) is 0 Å². The Morgan fingerprint density at radius 1 is 1.47 bits per heavy atom. The van der Waals surface area contributed by atoms with Crippen molar-refractivity contribution < 1.29 is 0 Å². The van der Waals surface area contributed by atoms with Gasteiger partial charge < -0.3 is 5.32 Å². The van der Waals surface area contributed by atoms with Crippen LogP contribution in [0.25, 0.3) is 0 Å². The monoisotopic (exact) mass is 208 g/mol. The van der Waals surface area contributed by atoms with Crippen LogP contribution in [0.1, 0.15) is 39.0 Å². The highest BCUT2D eigenvalue weighted by Crippen LogP contribution is 2.36. The normalized spacial score (nSPS) is 30.9. The van der Waals surface area contributed by atoms with E-state index in [4.69, 9.17) is 0 Å². The van der Waals surface area contributed by atoms with Gasteiger partial charge in [0.1, 0.15) is 0 Å². The Labute approximate surface area is 93.7 Å². The molecule has 1 aliphatic heterocycles. The van der Waals surface area contributed by atoms with E-state index in [0.717, 1.165) is 6.54 Å². The van der Waals surface area contributed by atoms with Gasteiger partial charge in [-0.25, -0.2) is 0 Å². The zero-order chi connectivity index (χ0) is 10.7. The maximum Gasteiger partial charge on any atom is 0.0338 e. The molecule has 1 saturated heterocycles. The lowest BCUT2D eigenvalue weighted by atomic mass is 9.90. The molecule has 2 heteroatoms. The number of nitrogens with one attached hydrogen (secondary N) is 1. The van der Waals surface area contributed by atoms with Gasteiger partial charge in [0.2, 0.25) is 0 Å². The molecule has 0 bridgehead atoms. The standard InChI is InChI=1S/C13H24N2/c1-3-9-15-10-12(4-2)14-11-13(15)7-5-6-8-13/h3,12,14H,1,4-11H2,2H3. The van der Waals surface area contributed by atoms with Crippen LogP contribution in [0.4, 0.5) is 0 Å². The molecular formula is C13H24N2. The lowest BCUT2D eigenvalue weighted by Gasteiger charge is -2.48. The van der Waals surface area contributed by atoms with E-state index in [1.54, 1.807) is 0 Å². The predicted molar refractivity (Wildman–Crippen MR) is 65.1 cm³/mol. The number of rotatable bonds is 3. The molecule has 2 fully saturated rings. The van der Waals surface area contributed by atoms with Crippen LogP contribution in [0, 0.1) is 0 Å². The summed E-state index contributed by atoms with van der Waals surface area (Å²) in [5.41, 5.74) is 0.472. The Balaban J connectivity index is 2.06. The molecule has 0 aromatic heterocycles. The maximum absolute atomic E-state index is 3.90. The van der Waals surface area contributed by atoms with E-state index >= 15 is 0 Å². The fraction of sp³-hybridized carbons (Fsp3) is 0.846. The van der Waals surface area contributed by atoms with Gasteiger partial charge in [-0.1, -0.05) is 25.8 Å². The molecule has 1 heterocycles. The van der Waals surface area contributed by atoms with Crippen molar-refractivity contribution in [3.63, 3.8) is 0 Å². The molecule has 1 spiro atoms. The van der Waals surface area contributed by atoms with Gasteiger partial charge in [0.25, 0.3) is 0 Å². The summed E-state index contributed by atoms with van der Waals surface area (Å²) < 4.78 is 0. The molecule has 1 N–H and O–H groups in total. The molecule has 0 amide bonds. The third-order valence-electron chi connectivity index (χ3n) is 4.21. The van der Waals surface area contributed by atoms with Crippen LogP contribution in [0.5, 0.6) is 0 Å². The van der Waals surface area contributed by atoms with Crippen molar-refractivity contribution in [1.82, 2.24) is 10.2 Å². The largest absolute Gasteiger partial charge is 0.311 e. The zero-order valence-corrected chi connectivity index (χ0v) is 9.97. The third-order valence-corrected chi connectivity index (χ3v) is 4.21. The molecule has 15 heavy (non-hydrogen) atoms. The lowest BCUT2D eigenvalue weighted by Crippen LogP contribution is -2.63. The fourth-order valence-electron chi connectivity index (χ4n) is 3.19. The van der Waals surface area contributed by atoms with Crippen LogP contribution >= 0.6 is 0 Å². The molecular weight excluding hydrogens is 184 g/mol. The summed E-state index contributed by atoms with van der Waals surface area (Å²) in [7, 11) is 0. The highest BCUT2D eigenvalue weighted by molar-refractivity contribution is 5.02. The third kappa shape index (κ3) is 2.11. The van der Waals surface area contributed by atoms with Crippen molar-refractivity contribution in [3.8, 4) is 0 Å². The van der Waals surface area contributed by atoms with Crippen molar-refractivity contribution in [2.24, 2.45) is 0 Å². The van der Waals surface area contributed by atoms with Crippen molar-refractivity contribution in [2.45, 2.75) is 50.6 Å². The first-order valence-corrected chi connectivity index (χ1v) is 6.40. The summed E-state index contributed by atoms with van der Waals surface area (Å²) >= 11 is 0. The molecule has 0 aromatic rings. The molecule has 2 rings (SSSR count). The summed E-state index contributed by atoms with van der Waals surface area (Å²) in [6, 6.07) is 0.691. The van der Waals surface area contributed by atoms with Crippen LogP contribution in [-0.2, 0) is 0 Å². The average molecular weight is 208 g/mol. The fourth-order valence-corrected chi connectivity index (χ4v) is 3.19. The van der Waals surface area contributed by atoms with Gasteiger partial charge in [0.15, 0.2) is 0 Å². The van der Waals surface area contributed by atoms with Crippen molar-refractivity contribution in [3.05, 3.63) is 12.7 Å². The van der Waals surface area contributed by atoms with Crippen LogP contribution < -0.4 is 5.32 Å². The summed E-state index contributed by atoms with van der Waals surface area (Å²) in [4.78, 5) is 2.68. The van der Waals surface area contributed by atoms with Crippen LogP contribution in [0.2, 0.25) is 0 Å². The van der Waals surface area contributed by atoms with Gasteiger partial charge in [0, 0.05) is 31.2 Å². The minimum absolute atomic E-state index is 0.472. The molecule has 0 radical (unpaired) electrons. The van der Waals surface area contributed by atoms with Crippen molar-refractivity contribution >= 4 is 0 Å². The predicted octanol–water partition coefficient (Wildman–Crippen LogP) is 2.17. The second-order valence-corrected chi connectivity index (χ2v) is 5.11. The second-order valence-electron chi connectivity index (χ2n) is 5.11. The number of hydrogen-bond donors (Lipinski definition) is 1. The highest BCUT2D eigenvalue weighted by Gasteiger charge is 2.42. The van der Waals surface area contributed by atoms with Gasteiger partial charge in [-0.2, -0.15) is 0 Å². The minimum Gasteiger partial charge on any atom is -0.311 e. The van der Waals surface area contributed by atoms with Gasteiger partial charge in [0.05, 0.1) is 0 Å². The topological polar surface area (TPSA) is 15.3 Å². The average Bonchev–Trinajstić information content (AvgIpc) is 2.72. The summed E-state index contributed by atoms with van der Waals surface area (Å²) in [6.07, 6.45) is 8.88. The molecule has 1 saturated carbocycles. The number of piperazine rings is 1. The second kappa shape index (κ2) is 4.67. The molecule has 1 aliphatic carbocycles. The Hall–Kier alpha value is -0.340. The van der Waals surface area contributed by atoms with Crippen molar-refractivity contribution in [2.75, 3.05) is 19.6 Å². The Morgan fingerprint density at radius 2 is 2.20 bits per heavy atom. The summed E-state index contributed by atoms with van der Waals surface area (Å²) in [5, 5.41) is 3.71. The first kappa shape index (κ1) is 11.2. The highest BCUT2D eigenvalue weighted by atomic mass is 15.3. The molecule has 0 aromatic carbocycles. The zero-order valence-electron chi connectivity index (χ0n) is 9.97. The molecule has 2 nitrogen and oxygen atoms in total. The van der Waals surface area contributed by atoms with Crippen LogP contribution in [0.15, 0.2) is 12.7 Å². The van der Waals surface area contributed by atoms with Gasteiger partial charge in [-0.3, -0.25) is 4.90 Å². The van der Waals surface area contributed by atoms with E-state index in [9.17, 15) is 0 Å². The molecule has 2 aliphatic rings. The minimum atomic E-state index is 0.472. The van der Waals surface area contributed by atoms with Crippen molar-refractivity contribution in [1.29, 1.82) is 0 Å².